The van der Waals surface area contributed by atoms with Gasteiger partial charge in [0.05, 0.1) is 6.61 Å². The Morgan fingerprint density at radius 3 is 2.84 bits per heavy atom. The van der Waals surface area contributed by atoms with Gasteiger partial charge in [-0.1, -0.05) is 37.5 Å². The van der Waals surface area contributed by atoms with Crippen LogP contribution in [-0.2, 0) is 0 Å². The smallest absolute Gasteiger partial charge is 0.185 e. The molecule has 102 valence electrons. The van der Waals surface area contributed by atoms with Crippen LogP contribution in [0.25, 0.3) is 0 Å². The Morgan fingerprint density at radius 2 is 2.11 bits per heavy atom. The Bertz CT molecular complexity index is 442. The summed E-state index contributed by atoms with van der Waals surface area (Å²) in [6, 6.07) is 7.48. The van der Waals surface area contributed by atoms with E-state index in [2.05, 4.69) is 0 Å². The summed E-state index contributed by atoms with van der Waals surface area (Å²) in [5, 5.41) is 0. The average Bonchev–Trinajstić information content (AvgIpc) is 2.47. The maximum absolute atomic E-state index is 11.8. The van der Waals surface area contributed by atoms with Gasteiger partial charge in [-0.05, 0) is 43.9 Å². The van der Waals surface area contributed by atoms with Gasteiger partial charge in [0.15, 0.2) is 5.78 Å². The molecule has 2 nitrogen and oxygen atoms in total. The second kappa shape index (κ2) is 7.13. The van der Waals surface area contributed by atoms with Gasteiger partial charge in [-0.25, -0.2) is 0 Å². The minimum atomic E-state index is 0.0330. The third-order valence-electron chi connectivity index (χ3n) is 3.65. The number of rotatable bonds is 5. The monoisotopic (exact) mass is 258 g/mol. The zero-order chi connectivity index (χ0) is 13.5. The van der Waals surface area contributed by atoms with Crippen LogP contribution < -0.4 is 4.74 Å². The molecule has 0 aliphatic heterocycles. The molecule has 0 bridgehead atoms. The summed E-state index contributed by atoms with van der Waals surface area (Å²) >= 11 is 0. The Balaban J connectivity index is 1.93. The van der Waals surface area contributed by atoms with E-state index in [1.165, 1.54) is 32.1 Å². The number of carbonyl (C=O) groups is 1. The minimum absolute atomic E-state index is 0.0330. The van der Waals surface area contributed by atoms with Crippen molar-refractivity contribution in [3.8, 4) is 5.75 Å². The molecule has 1 aromatic rings. The molecule has 1 fully saturated rings. The first kappa shape index (κ1) is 13.9. The summed E-state index contributed by atoms with van der Waals surface area (Å²) in [6.45, 7) is 2.63. The topological polar surface area (TPSA) is 26.3 Å². The van der Waals surface area contributed by atoms with Crippen LogP contribution in [0.3, 0.4) is 0 Å². The molecule has 0 saturated heterocycles. The summed E-state index contributed by atoms with van der Waals surface area (Å²) in [6.07, 6.45) is 9.91. The van der Waals surface area contributed by atoms with E-state index in [1.54, 1.807) is 12.2 Å². The van der Waals surface area contributed by atoms with Gasteiger partial charge in [0, 0.05) is 5.56 Å². The van der Waals surface area contributed by atoms with Crippen molar-refractivity contribution < 1.29 is 9.53 Å². The van der Waals surface area contributed by atoms with Gasteiger partial charge in [0.25, 0.3) is 0 Å². The van der Waals surface area contributed by atoms with Crippen molar-refractivity contribution in [2.75, 3.05) is 6.61 Å². The molecule has 0 radical (unpaired) electrons. The number of ether oxygens (including phenoxy) is 1. The first-order valence-corrected chi connectivity index (χ1v) is 7.19. The van der Waals surface area contributed by atoms with Crippen molar-refractivity contribution >= 4 is 5.78 Å². The lowest BCUT2D eigenvalue weighted by Crippen LogP contribution is -2.15. The van der Waals surface area contributed by atoms with Crippen LogP contribution in [0, 0.1) is 5.92 Å². The molecule has 0 N–H and O–H groups in total. The summed E-state index contributed by atoms with van der Waals surface area (Å²) in [4.78, 5) is 11.8. The molecular weight excluding hydrogens is 236 g/mol. The Morgan fingerprint density at radius 1 is 1.32 bits per heavy atom. The SMILES string of the molecule is C/C=C/C(=O)c1cccc(OCC2CCCCC2)c1. The zero-order valence-electron chi connectivity index (χ0n) is 11.6. The minimum Gasteiger partial charge on any atom is -0.493 e. The van der Waals surface area contributed by atoms with Crippen LogP contribution in [0.2, 0.25) is 0 Å². The number of benzene rings is 1. The first-order chi connectivity index (χ1) is 9.29. The summed E-state index contributed by atoms with van der Waals surface area (Å²) in [5.41, 5.74) is 0.694. The molecule has 1 aliphatic carbocycles. The van der Waals surface area contributed by atoms with Crippen molar-refractivity contribution in [3.05, 3.63) is 42.0 Å². The van der Waals surface area contributed by atoms with Gasteiger partial charge in [0.2, 0.25) is 0 Å². The van der Waals surface area contributed by atoms with E-state index in [4.69, 9.17) is 4.74 Å². The van der Waals surface area contributed by atoms with Crippen molar-refractivity contribution in [3.63, 3.8) is 0 Å². The van der Waals surface area contributed by atoms with Crippen molar-refractivity contribution in [1.29, 1.82) is 0 Å². The van der Waals surface area contributed by atoms with Crippen LogP contribution in [0.1, 0.15) is 49.4 Å². The van der Waals surface area contributed by atoms with Gasteiger partial charge in [-0.15, -0.1) is 0 Å². The van der Waals surface area contributed by atoms with E-state index in [0.717, 1.165) is 12.4 Å². The van der Waals surface area contributed by atoms with E-state index in [0.29, 0.717) is 11.5 Å². The molecule has 0 amide bonds. The third-order valence-corrected chi connectivity index (χ3v) is 3.65. The highest BCUT2D eigenvalue weighted by atomic mass is 16.5. The quantitative estimate of drug-likeness (QED) is 0.578. The van der Waals surface area contributed by atoms with Gasteiger partial charge in [-0.2, -0.15) is 0 Å². The number of allylic oxidation sites excluding steroid dienone is 2. The maximum atomic E-state index is 11.8. The second-order valence-electron chi connectivity index (χ2n) is 5.21. The molecule has 0 heterocycles. The summed E-state index contributed by atoms with van der Waals surface area (Å²) in [5.74, 6) is 1.52. The number of ketones is 1. The van der Waals surface area contributed by atoms with Crippen molar-refractivity contribution in [1.82, 2.24) is 0 Å². The van der Waals surface area contributed by atoms with Gasteiger partial charge in [-0.3, -0.25) is 4.79 Å². The molecule has 0 spiro atoms. The fourth-order valence-corrected chi connectivity index (χ4v) is 2.55. The number of hydrogen-bond acceptors (Lipinski definition) is 2. The lowest BCUT2D eigenvalue weighted by Gasteiger charge is -2.21. The normalized spacial score (nSPS) is 16.7. The molecule has 1 saturated carbocycles. The molecule has 19 heavy (non-hydrogen) atoms. The highest BCUT2D eigenvalue weighted by Crippen LogP contribution is 2.24. The molecule has 0 unspecified atom stereocenters. The van der Waals surface area contributed by atoms with Gasteiger partial charge >= 0.3 is 0 Å². The van der Waals surface area contributed by atoms with Crippen LogP contribution in [-0.4, -0.2) is 12.4 Å². The van der Waals surface area contributed by atoms with E-state index < -0.39 is 0 Å². The summed E-state index contributed by atoms with van der Waals surface area (Å²) in [7, 11) is 0. The lowest BCUT2D eigenvalue weighted by molar-refractivity contribution is 0.104. The second-order valence-corrected chi connectivity index (χ2v) is 5.21. The Kier molecular flexibility index (Phi) is 5.20. The van der Waals surface area contributed by atoms with Crippen LogP contribution in [0.4, 0.5) is 0 Å². The highest BCUT2D eigenvalue weighted by Gasteiger charge is 2.14. The largest absolute Gasteiger partial charge is 0.493 e. The average molecular weight is 258 g/mol. The molecule has 2 heteroatoms. The fraction of sp³-hybridized carbons (Fsp3) is 0.471. The Labute approximate surface area is 115 Å². The predicted octanol–water partition coefficient (Wildman–Crippen LogP) is 4.40. The van der Waals surface area contributed by atoms with Gasteiger partial charge in [0.1, 0.15) is 5.75 Å². The van der Waals surface area contributed by atoms with E-state index in [1.807, 2.05) is 31.2 Å². The molecular formula is C17H22O2. The molecule has 0 aromatic heterocycles. The van der Waals surface area contributed by atoms with E-state index >= 15 is 0 Å². The standard InChI is InChI=1S/C17H22O2/c1-2-7-17(18)15-10-6-11-16(12-15)19-13-14-8-4-3-5-9-14/h2,6-7,10-12,14H,3-5,8-9,13H2,1H3/b7-2+. The molecule has 1 aromatic carbocycles. The predicted molar refractivity (Wildman–Crippen MR) is 77.7 cm³/mol. The fourth-order valence-electron chi connectivity index (χ4n) is 2.55. The van der Waals surface area contributed by atoms with Crippen molar-refractivity contribution in [2.24, 2.45) is 5.92 Å². The first-order valence-electron chi connectivity index (χ1n) is 7.19. The van der Waals surface area contributed by atoms with Gasteiger partial charge < -0.3 is 4.74 Å². The molecule has 1 aliphatic rings. The van der Waals surface area contributed by atoms with Crippen LogP contribution in [0.5, 0.6) is 5.75 Å². The maximum Gasteiger partial charge on any atom is 0.185 e. The van der Waals surface area contributed by atoms with Crippen LogP contribution in [0.15, 0.2) is 36.4 Å². The zero-order valence-corrected chi connectivity index (χ0v) is 11.6. The Hall–Kier alpha value is -1.57. The highest BCUT2D eigenvalue weighted by molar-refractivity contribution is 6.04. The summed E-state index contributed by atoms with van der Waals surface area (Å²) < 4.78 is 5.84. The van der Waals surface area contributed by atoms with Crippen molar-refractivity contribution in [2.45, 2.75) is 39.0 Å². The molecule has 0 atom stereocenters. The number of hydrogen-bond donors (Lipinski definition) is 0. The lowest BCUT2D eigenvalue weighted by atomic mass is 9.90. The third kappa shape index (κ3) is 4.23. The van der Waals surface area contributed by atoms with E-state index in [9.17, 15) is 4.79 Å². The molecule has 2 rings (SSSR count). The number of carbonyl (C=O) groups excluding carboxylic acids is 1. The van der Waals surface area contributed by atoms with E-state index in [-0.39, 0.29) is 5.78 Å². The van der Waals surface area contributed by atoms with Crippen LogP contribution >= 0.6 is 0 Å².